The Morgan fingerprint density at radius 3 is 2.84 bits per heavy atom. The Labute approximate surface area is 114 Å². The van der Waals surface area contributed by atoms with Gasteiger partial charge in [0.1, 0.15) is 5.75 Å². The number of piperidine rings is 1. The summed E-state index contributed by atoms with van der Waals surface area (Å²) in [5.74, 6) is 1.02. The van der Waals surface area contributed by atoms with Gasteiger partial charge >= 0.3 is 0 Å². The number of hydrogen-bond donors (Lipinski definition) is 2. The first-order chi connectivity index (χ1) is 9.13. The van der Waals surface area contributed by atoms with Crippen LogP contribution in [0.1, 0.15) is 24.0 Å². The van der Waals surface area contributed by atoms with Gasteiger partial charge in [-0.3, -0.25) is 4.79 Å². The standard InChI is InChI=1S/C15H22N2O2/c1-10-6-7-13(11(2)14(10)19-3)17-15(18)12-5-4-8-16-9-12/h6-7,12,16H,4-5,8-9H2,1-3H3,(H,17,18). The topological polar surface area (TPSA) is 50.4 Å². The molecule has 2 N–H and O–H groups in total. The van der Waals surface area contributed by atoms with Gasteiger partial charge < -0.3 is 15.4 Å². The monoisotopic (exact) mass is 262 g/mol. The summed E-state index contributed by atoms with van der Waals surface area (Å²) < 4.78 is 5.38. The second kappa shape index (κ2) is 6.06. The van der Waals surface area contributed by atoms with Crippen LogP contribution < -0.4 is 15.4 Å². The minimum absolute atomic E-state index is 0.0699. The van der Waals surface area contributed by atoms with Crippen molar-refractivity contribution in [1.82, 2.24) is 5.32 Å². The molecule has 0 radical (unpaired) electrons. The molecule has 1 heterocycles. The van der Waals surface area contributed by atoms with Gasteiger partial charge in [0, 0.05) is 17.8 Å². The molecule has 1 aliphatic rings. The molecule has 1 aromatic carbocycles. The summed E-state index contributed by atoms with van der Waals surface area (Å²) in [6, 6.07) is 3.92. The van der Waals surface area contributed by atoms with Crippen LogP contribution in [0.4, 0.5) is 5.69 Å². The molecule has 1 aliphatic heterocycles. The Hall–Kier alpha value is -1.55. The van der Waals surface area contributed by atoms with Gasteiger partial charge in [0.25, 0.3) is 0 Å². The van der Waals surface area contributed by atoms with Crippen LogP contribution in [0, 0.1) is 19.8 Å². The number of aryl methyl sites for hydroxylation is 1. The molecule has 0 bridgehead atoms. The molecule has 0 aliphatic carbocycles. The van der Waals surface area contributed by atoms with Gasteiger partial charge in [-0.2, -0.15) is 0 Å². The van der Waals surface area contributed by atoms with E-state index in [0.29, 0.717) is 0 Å². The Morgan fingerprint density at radius 2 is 2.21 bits per heavy atom. The highest BCUT2D eigenvalue weighted by atomic mass is 16.5. The van der Waals surface area contributed by atoms with Crippen LogP contribution in [0.25, 0.3) is 0 Å². The van der Waals surface area contributed by atoms with Crippen LogP contribution in [0.3, 0.4) is 0 Å². The minimum Gasteiger partial charge on any atom is -0.496 e. The van der Waals surface area contributed by atoms with Crippen molar-refractivity contribution < 1.29 is 9.53 Å². The predicted molar refractivity (Wildman–Crippen MR) is 76.7 cm³/mol. The molecule has 0 saturated carbocycles. The van der Waals surface area contributed by atoms with Crippen molar-refractivity contribution >= 4 is 11.6 Å². The summed E-state index contributed by atoms with van der Waals surface area (Å²) in [5, 5.41) is 6.29. The van der Waals surface area contributed by atoms with E-state index in [0.717, 1.165) is 48.5 Å². The Morgan fingerprint density at radius 1 is 1.42 bits per heavy atom. The number of hydrogen-bond acceptors (Lipinski definition) is 3. The number of carbonyl (C=O) groups excluding carboxylic acids is 1. The van der Waals surface area contributed by atoms with E-state index in [1.807, 2.05) is 26.0 Å². The van der Waals surface area contributed by atoms with E-state index in [2.05, 4.69) is 10.6 Å². The summed E-state index contributed by atoms with van der Waals surface area (Å²) in [4.78, 5) is 12.2. The molecule has 0 spiro atoms. The fourth-order valence-electron chi connectivity index (χ4n) is 2.59. The molecule has 1 saturated heterocycles. The first-order valence-electron chi connectivity index (χ1n) is 6.79. The van der Waals surface area contributed by atoms with Gasteiger partial charge in [-0.05, 0) is 44.9 Å². The molecule has 1 aromatic rings. The summed E-state index contributed by atoms with van der Waals surface area (Å²) in [6.45, 7) is 5.76. The molecule has 104 valence electrons. The van der Waals surface area contributed by atoms with Gasteiger partial charge in [0.2, 0.25) is 5.91 Å². The summed E-state index contributed by atoms with van der Waals surface area (Å²) >= 11 is 0. The molecular formula is C15H22N2O2. The number of amides is 1. The number of ether oxygens (including phenoxy) is 1. The zero-order chi connectivity index (χ0) is 13.8. The number of methoxy groups -OCH3 is 1. The quantitative estimate of drug-likeness (QED) is 0.878. The zero-order valence-electron chi connectivity index (χ0n) is 11.9. The SMILES string of the molecule is COc1c(C)ccc(NC(=O)C2CCCNC2)c1C. The highest BCUT2D eigenvalue weighted by molar-refractivity contribution is 5.93. The van der Waals surface area contributed by atoms with Crippen molar-refractivity contribution in [2.45, 2.75) is 26.7 Å². The number of benzene rings is 1. The van der Waals surface area contributed by atoms with Crippen molar-refractivity contribution in [2.24, 2.45) is 5.92 Å². The van der Waals surface area contributed by atoms with Crippen molar-refractivity contribution in [3.63, 3.8) is 0 Å². The van der Waals surface area contributed by atoms with Gasteiger partial charge in [0.15, 0.2) is 0 Å². The Kier molecular flexibility index (Phi) is 4.43. The first kappa shape index (κ1) is 13.9. The summed E-state index contributed by atoms with van der Waals surface area (Å²) in [6.07, 6.45) is 2.02. The Bertz CT molecular complexity index is 465. The van der Waals surface area contributed by atoms with Crippen LogP contribution in [0.15, 0.2) is 12.1 Å². The van der Waals surface area contributed by atoms with Crippen LogP contribution in [0.5, 0.6) is 5.75 Å². The maximum Gasteiger partial charge on any atom is 0.228 e. The smallest absolute Gasteiger partial charge is 0.228 e. The lowest BCUT2D eigenvalue weighted by atomic mass is 9.98. The number of rotatable bonds is 3. The van der Waals surface area contributed by atoms with Crippen molar-refractivity contribution in [1.29, 1.82) is 0 Å². The average molecular weight is 262 g/mol. The van der Waals surface area contributed by atoms with E-state index in [1.165, 1.54) is 0 Å². The molecule has 1 amide bonds. The third kappa shape index (κ3) is 3.07. The maximum atomic E-state index is 12.2. The highest BCUT2D eigenvalue weighted by Crippen LogP contribution is 2.29. The van der Waals surface area contributed by atoms with E-state index < -0.39 is 0 Å². The molecular weight excluding hydrogens is 240 g/mol. The highest BCUT2D eigenvalue weighted by Gasteiger charge is 2.21. The fourth-order valence-corrected chi connectivity index (χ4v) is 2.59. The lowest BCUT2D eigenvalue weighted by Crippen LogP contribution is -2.37. The third-order valence-corrected chi connectivity index (χ3v) is 3.73. The van der Waals surface area contributed by atoms with E-state index in [1.54, 1.807) is 7.11 Å². The van der Waals surface area contributed by atoms with E-state index in [9.17, 15) is 4.79 Å². The van der Waals surface area contributed by atoms with Crippen molar-refractivity contribution in [2.75, 3.05) is 25.5 Å². The number of nitrogens with one attached hydrogen (secondary N) is 2. The minimum atomic E-state index is 0.0699. The van der Waals surface area contributed by atoms with E-state index >= 15 is 0 Å². The van der Waals surface area contributed by atoms with Crippen LogP contribution >= 0.6 is 0 Å². The summed E-state index contributed by atoms with van der Waals surface area (Å²) in [5.41, 5.74) is 2.91. The van der Waals surface area contributed by atoms with Crippen LogP contribution in [0.2, 0.25) is 0 Å². The molecule has 1 unspecified atom stereocenters. The van der Waals surface area contributed by atoms with Crippen molar-refractivity contribution in [3.05, 3.63) is 23.3 Å². The lowest BCUT2D eigenvalue weighted by Gasteiger charge is -2.22. The van der Waals surface area contributed by atoms with Gasteiger partial charge in [-0.15, -0.1) is 0 Å². The summed E-state index contributed by atoms with van der Waals surface area (Å²) in [7, 11) is 1.66. The first-order valence-corrected chi connectivity index (χ1v) is 6.79. The van der Waals surface area contributed by atoms with E-state index in [4.69, 9.17) is 4.74 Å². The van der Waals surface area contributed by atoms with Gasteiger partial charge in [0.05, 0.1) is 13.0 Å². The van der Waals surface area contributed by atoms with Gasteiger partial charge in [-0.25, -0.2) is 0 Å². The predicted octanol–water partition coefficient (Wildman–Crippen LogP) is 2.25. The molecule has 19 heavy (non-hydrogen) atoms. The number of carbonyl (C=O) groups is 1. The molecule has 0 aromatic heterocycles. The van der Waals surface area contributed by atoms with Crippen molar-refractivity contribution in [3.8, 4) is 5.75 Å². The molecule has 4 nitrogen and oxygen atoms in total. The largest absolute Gasteiger partial charge is 0.496 e. The fraction of sp³-hybridized carbons (Fsp3) is 0.533. The molecule has 1 fully saturated rings. The third-order valence-electron chi connectivity index (χ3n) is 3.73. The zero-order valence-corrected chi connectivity index (χ0v) is 11.9. The molecule has 1 atom stereocenters. The second-order valence-electron chi connectivity index (χ2n) is 5.12. The normalized spacial score (nSPS) is 19.0. The molecule has 4 heteroatoms. The van der Waals surface area contributed by atoms with Crippen LogP contribution in [-0.2, 0) is 4.79 Å². The maximum absolute atomic E-state index is 12.2. The average Bonchev–Trinajstić information content (AvgIpc) is 2.43. The van der Waals surface area contributed by atoms with E-state index in [-0.39, 0.29) is 11.8 Å². The van der Waals surface area contributed by atoms with Crippen LogP contribution in [-0.4, -0.2) is 26.1 Å². The second-order valence-corrected chi connectivity index (χ2v) is 5.12. The number of anilines is 1. The molecule has 2 rings (SSSR count). The Balaban J connectivity index is 2.12. The van der Waals surface area contributed by atoms with Gasteiger partial charge in [-0.1, -0.05) is 6.07 Å². The lowest BCUT2D eigenvalue weighted by molar-refractivity contribution is -0.120.